The van der Waals surface area contributed by atoms with Crippen LogP contribution in [0.4, 0.5) is 8.78 Å². The summed E-state index contributed by atoms with van der Waals surface area (Å²) in [7, 11) is 0. The molecule has 2 aliphatic rings. The van der Waals surface area contributed by atoms with Gasteiger partial charge < -0.3 is 29.6 Å². The van der Waals surface area contributed by atoms with Gasteiger partial charge in [0.25, 0.3) is 11.8 Å². The second kappa shape index (κ2) is 12.1. The topological polar surface area (TPSA) is 130 Å². The molecule has 13 heteroatoms. The van der Waals surface area contributed by atoms with Gasteiger partial charge in [0, 0.05) is 24.3 Å². The van der Waals surface area contributed by atoms with Gasteiger partial charge >= 0.3 is 11.9 Å². The van der Waals surface area contributed by atoms with Crippen LogP contribution in [0.5, 0.6) is 17.2 Å². The third-order valence-corrected chi connectivity index (χ3v) is 7.55. The van der Waals surface area contributed by atoms with E-state index < -0.39 is 48.0 Å². The molecule has 3 heterocycles. The number of rotatable bonds is 9. The number of alkyl halides is 2. The molecule has 0 bridgehead atoms. The quantitative estimate of drug-likeness (QED) is 0.270. The second-order valence-electron chi connectivity index (χ2n) is 11.0. The molecule has 0 radical (unpaired) electrons. The van der Waals surface area contributed by atoms with Crippen LogP contribution in [-0.4, -0.2) is 71.0 Å². The highest BCUT2D eigenvalue weighted by molar-refractivity contribution is 5.97. The minimum absolute atomic E-state index is 0.0659. The lowest BCUT2D eigenvalue weighted by Gasteiger charge is -2.35. The molecule has 1 saturated heterocycles. The molecule has 2 N–H and O–H groups in total. The van der Waals surface area contributed by atoms with Gasteiger partial charge in [0.05, 0.1) is 30.0 Å². The van der Waals surface area contributed by atoms with E-state index in [0.717, 1.165) is 0 Å². The van der Waals surface area contributed by atoms with Crippen molar-refractivity contribution in [2.75, 3.05) is 13.2 Å². The number of hydrogen-bond donors (Lipinski definition) is 2. The van der Waals surface area contributed by atoms with Crippen LogP contribution in [0, 0.1) is 0 Å². The highest BCUT2D eigenvalue weighted by Crippen LogP contribution is 2.33. The van der Waals surface area contributed by atoms with Gasteiger partial charge in [-0.3, -0.25) is 9.59 Å². The monoisotopic (exact) mass is 620 g/mol. The van der Waals surface area contributed by atoms with Crippen LogP contribution in [0.1, 0.15) is 30.6 Å². The first-order chi connectivity index (χ1) is 21.6. The molecular formula is C32H30F2N4O7. The zero-order chi connectivity index (χ0) is 31.7. The largest absolute Gasteiger partial charge is 0.486 e. The first-order valence-corrected chi connectivity index (χ1v) is 14.4. The summed E-state index contributed by atoms with van der Waals surface area (Å²) in [6, 6.07) is 17.5. The molecule has 11 nitrogen and oxygen atoms in total. The normalized spacial score (nSPS) is 19.0. The van der Waals surface area contributed by atoms with Gasteiger partial charge in [0.2, 0.25) is 0 Å². The highest BCUT2D eigenvalue weighted by Gasteiger charge is 2.39. The molecule has 2 aliphatic heterocycles. The van der Waals surface area contributed by atoms with E-state index >= 15 is 0 Å². The number of ether oxygens (including phenoxy) is 4. The molecule has 0 saturated carbocycles. The summed E-state index contributed by atoms with van der Waals surface area (Å²) in [6.07, 6.45) is 0.393. The predicted octanol–water partition coefficient (Wildman–Crippen LogP) is 3.82. The minimum Gasteiger partial charge on any atom is -0.486 e. The average molecular weight is 621 g/mol. The molecule has 1 aromatic heterocycles. The van der Waals surface area contributed by atoms with Crippen molar-refractivity contribution < 1.29 is 42.1 Å². The van der Waals surface area contributed by atoms with Gasteiger partial charge in [-0.1, -0.05) is 18.2 Å². The van der Waals surface area contributed by atoms with Crippen molar-refractivity contribution in [1.82, 2.24) is 20.4 Å². The Labute approximate surface area is 256 Å². The van der Waals surface area contributed by atoms with E-state index in [-0.39, 0.29) is 13.2 Å². The minimum atomic E-state index is -3.58. The number of halogens is 2. The summed E-state index contributed by atoms with van der Waals surface area (Å²) in [4.78, 5) is 36.7. The number of aromatic nitrogens is 2. The van der Waals surface area contributed by atoms with E-state index in [9.17, 15) is 23.2 Å². The number of nitrogens with zero attached hydrogens (tertiary/aromatic N) is 2. The van der Waals surface area contributed by atoms with Crippen LogP contribution >= 0.6 is 0 Å². The van der Waals surface area contributed by atoms with Crippen LogP contribution in [0.3, 0.4) is 0 Å². The molecule has 0 spiro atoms. The Hall–Kier alpha value is -5.20. The van der Waals surface area contributed by atoms with E-state index in [1.807, 2.05) is 0 Å². The summed E-state index contributed by atoms with van der Waals surface area (Å²) in [5.41, 5.74) is 1.67. The number of benzene rings is 3. The number of carbonyl (C=O) groups excluding carboxylic acids is 3. The molecule has 4 atom stereocenters. The van der Waals surface area contributed by atoms with Gasteiger partial charge in [-0.2, -0.15) is 13.9 Å². The number of para-hydroxylation sites is 2. The molecule has 2 unspecified atom stereocenters. The van der Waals surface area contributed by atoms with Gasteiger partial charge in [-0.25, -0.2) is 9.48 Å². The Morgan fingerprint density at radius 2 is 1.87 bits per heavy atom. The number of esters is 1. The Balaban J connectivity index is 1.23. The van der Waals surface area contributed by atoms with Crippen LogP contribution in [-0.2, 0) is 14.3 Å². The van der Waals surface area contributed by atoms with Crippen molar-refractivity contribution >= 4 is 28.7 Å². The number of cyclic esters (lactones) is 1. The third kappa shape index (κ3) is 6.37. The molecule has 45 heavy (non-hydrogen) atoms. The van der Waals surface area contributed by atoms with Crippen molar-refractivity contribution in [2.24, 2.45) is 0 Å². The molecule has 2 amide bonds. The maximum Gasteiger partial charge on any atom is 0.328 e. The third-order valence-electron chi connectivity index (χ3n) is 7.55. The fraction of sp³-hybridized carbons (Fsp3) is 0.312. The van der Waals surface area contributed by atoms with Crippen molar-refractivity contribution in [3.63, 3.8) is 0 Å². The standard InChI is InChI=1S/C32H30F2N4O7/c1-18(36-31(41)32(2,33)34)28(27-17-43-25-8-3-4-9-26(25)45-27)44-22-10-11-24-20(15-22)16-35-38(24)21-7-5-6-19(14-21)29(39)37-23-12-13-42-30(23)40/h3-11,14-16,18,23,27-28H,12-13,17H2,1-2H3,(H,36,41)(H,37,39)/t18-,23?,27?,28+/m0/s1. The molecule has 3 aromatic carbocycles. The molecule has 4 aromatic rings. The van der Waals surface area contributed by atoms with Crippen LogP contribution in [0.25, 0.3) is 16.6 Å². The van der Waals surface area contributed by atoms with Gasteiger partial charge in [0.15, 0.2) is 23.7 Å². The number of hydrogen-bond acceptors (Lipinski definition) is 8. The van der Waals surface area contributed by atoms with Crippen molar-refractivity contribution in [3.8, 4) is 22.9 Å². The van der Waals surface area contributed by atoms with Crippen molar-refractivity contribution in [1.29, 1.82) is 0 Å². The number of amides is 2. The molecule has 234 valence electrons. The number of nitrogens with one attached hydrogen (secondary N) is 2. The SMILES string of the molecule is C[C@H](NC(=O)C(C)(F)F)[C@@H](Oc1ccc2c(cnn2-c2cccc(C(=O)NC3CCOC3=O)c2)c1)C1COc2ccccc2O1. The summed E-state index contributed by atoms with van der Waals surface area (Å²) >= 11 is 0. The lowest BCUT2D eigenvalue weighted by molar-refractivity contribution is -0.145. The summed E-state index contributed by atoms with van der Waals surface area (Å²) in [6.45, 7) is 2.43. The Morgan fingerprint density at radius 1 is 1.07 bits per heavy atom. The average Bonchev–Trinajstić information content (AvgIpc) is 3.64. The van der Waals surface area contributed by atoms with Gasteiger partial charge in [-0.05, 0) is 55.5 Å². The first-order valence-electron chi connectivity index (χ1n) is 14.4. The number of carbonyl (C=O) groups is 3. The van der Waals surface area contributed by atoms with Gasteiger partial charge in [0.1, 0.15) is 18.4 Å². The summed E-state index contributed by atoms with van der Waals surface area (Å²) in [5.74, 6) is -4.48. The molecular weight excluding hydrogens is 590 g/mol. The lowest BCUT2D eigenvalue weighted by atomic mass is 10.1. The van der Waals surface area contributed by atoms with E-state index in [1.165, 1.54) is 0 Å². The fourth-order valence-electron chi connectivity index (χ4n) is 5.21. The zero-order valence-corrected chi connectivity index (χ0v) is 24.4. The molecule has 1 fully saturated rings. The Morgan fingerprint density at radius 3 is 2.62 bits per heavy atom. The summed E-state index contributed by atoms with van der Waals surface area (Å²) in [5, 5.41) is 10.2. The first kappa shape index (κ1) is 29.9. The molecule has 6 rings (SSSR count). The maximum absolute atomic E-state index is 13.7. The smallest absolute Gasteiger partial charge is 0.328 e. The van der Waals surface area contributed by atoms with Crippen molar-refractivity contribution in [3.05, 3.63) is 78.5 Å². The number of fused-ring (bicyclic) bond motifs is 2. The van der Waals surface area contributed by atoms with Crippen molar-refractivity contribution in [2.45, 2.75) is 50.5 Å². The van der Waals surface area contributed by atoms with E-state index in [1.54, 1.807) is 84.5 Å². The lowest BCUT2D eigenvalue weighted by Crippen LogP contribution is -2.56. The van der Waals surface area contributed by atoms with Gasteiger partial charge in [-0.15, -0.1) is 0 Å². The Bertz CT molecular complexity index is 1750. The highest BCUT2D eigenvalue weighted by atomic mass is 19.3. The van der Waals surface area contributed by atoms with E-state index in [2.05, 4.69) is 15.7 Å². The maximum atomic E-state index is 13.7. The van der Waals surface area contributed by atoms with Crippen LogP contribution < -0.4 is 24.8 Å². The molecule has 0 aliphatic carbocycles. The van der Waals surface area contributed by atoms with E-state index in [4.69, 9.17) is 18.9 Å². The van der Waals surface area contributed by atoms with Crippen LogP contribution in [0.15, 0.2) is 72.9 Å². The van der Waals surface area contributed by atoms with E-state index in [0.29, 0.717) is 52.7 Å². The fourth-order valence-corrected chi connectivity index (χ4v) is 5.21. The zero-order valence-electron chi connectivity index (χ0n) is 24.4. The van der Waals surface area contributed by atoms with Crippen LogP contribution in [0.2, 0.25) is 0 Å². The summed E-state index contributed by atoms with van der Waals surface area (Å²) < 4.78 is 52.3. The predicted molar refractivity (Wildman–Crippen MR) is 157 cm³/mol. The second-order valence-corrected chi connectivity index (χ2v) is 11.0. The Kier molecular flexibility index (Phi) is 8.00.